The number of amides is 1. The Morgan fingerprint density at radius 2 is 2.21 bits per heavy atom. The Morgan fingerprint density at radius 3 is 2.57 bits per heavy atom. The number of hydrogen-bond acceptors (Lipinski definition) is 3. The lowest BCUT2D eigenvalue weighted by Gasteiger charge is -2.18. The van der Waals surface area contributed by atoms with Crippen LogP contribution in [0.1, 0.15) is 20.3 Å². The van der Waals surface area contributed by atoms with Crippen LogP contribution in [0.3, 0.4) is 0 Å². The molecule has 0 rings (SSSR count). The van der Waals surface area contributed by atoms with Crippen LogP contribution in [0.5, 0.6) is 0 Å². The number of carboxylic acids is 1. The van der Waals surface area contributed by atoms with Crippen molar-refractivity contribution in [3.05, 3.63) is 0 Å². The second-order valence-electron chi connectivity index (χ2n) is 2.94. The summed E-state index contributed by atoms with van der Waals surface area (Å²) in [6.45, 7) is 3.63. The van der Waals surface area contributed by atoms with Crippen LogP contribution in [0.2, 0.25) is 0 Å². The van der Waals surface area contributed by atoms with Gasteiger partial charge in [0.25, 0.3) is 5.91 Å². The van der Waals surface area contributed by atoms with Gasteiger partial charge in [-0.15, -0.1) is 0 Å². The van der Waals surface area contributed by atoms with Crippen LogP contribution in [-0.2, 0) is 9.59 Å². The van der Waals surface area contributed by atoms with Crippen molar-refractivity contribution in [2.24, 2.45) is 9.94 Å². The zero-order valence-corrected chi connectivity index (χ0v) is 9.61. The standard InChI is InChI=1S/C8H13BrN2O3/c1-3-5(2)7(8(13)14)11-6(12)4-10-9/h4-5,7H,3H2,1-2H3,(H,11,12)(H,13,14)/b10-4+/t5-,7-/m0/s1. The second-order valence-corrected chi connectivity index (χ2v) is 3.35. The molecule has 2 atom stereocenters. The number of hydrogen-bond donors (Lipinski definition) is 2. The van der Waals surface area contributed by atoms with Gasteiger partial charge in [-0.1, -0.05) is 20.3 Å². The summed E-state index contributed by atoms with van der Waals surface area (Å²) in [6.07, 6.45) is 1.67. The van der Waals surface area contributed by atoms with E-state index in [2.05, 4.69) is 25.5 Å². The topological polar surface area (TPSA) is 78.8 Å². The van der Waals surface area contributed by atoms with Crippen molar-refractivity contribution in [1.82, 2.24) is 5.32 Å². The number of rotatable bonds is 5. The van der Waals surface area contributed by atoms with Gasteiger partial charge in [-0.3, -0.25) is 4.79 Å². The molecular weight excluding hydrogens is 252 g/mol. The van der Waals surface area contributed by atoms with Crippen LogP contribution < -0.4 is 5.32 Å². The molecule has 0 saturated heterocycles. The Morgan fingerprint density at radius 1 is 1.64 bits per heavy atom. The summed E-state index contributed by atoms with van der Waals surface area (Å²) in [5.41, 5.74) is 0. The minimum atomic E-state index is -1.03. The molecule has 0 aromatic carbocycles. The normalized spacial score (nSPS) is 15.1. The zero-order valence-electron chi connectivity index (χ0n) is 8.03. The summed E-state index contributed by atoms with van der Waals surface area (Å²) in [5.74, 6) is -1.66. The first-order valence-corrected chi connectivity index (χ1v) is 4.91. The fraction of sp³-hybridized carbons (Fsp3) is 0.625. The summed E-state index contributed by atoms with van der Waals surface area (Å²) < 4.78 is 3.32. The molecule has 14 heavy (non-hydrogen) atoms. The van der Waals surface area contributed by atoms with Crippen molar-refractivity contribution in [2.75, 3.05) is 0 Å². The molecule has 0 fully saturated rings. The minimum absolute atomic E-state index is 0.111. The maximum atomic E-state index is 11.0. The molecular formula is C8H13BrN2O3. The molecule has 0 unspecified atom stereocenters. The third-order valence-electron chi connectivity index (χ3n) is 1.94. The maximum Gasteiger partial charge on any atom is 0.326 e. The first kappa shape index (κ1) is 13.1. The average Bonchev–Trinajstić information content (AvgIpc) is 2.13. The Labute approximate surface area is 90.9 Å². The van der Waals surface area contributed by atoms with Gasteiger partial charge >= 0.3 is 5.97 Å². The zero-order chi connectivity index (χ0) is 11.1. The average molecular weight is 265 g/mol. The van der Waals surface area contributed by atoms with E-state index in [1.807, 2.05) is 6.92 Å². The predicted molar refractivity (Wildman–Crippen MR) is 56.4 cm³/mol. The van der Waals surface area contributed by atoms with Crippen molar-refractivity contribution in [1.29, 1.82) is 0 Å². The highest BCUT2D eigenvalue weighted by Crippen LogP contribution is 2.07. The van der Waals surface area contributed by atoms with Crippen molar-refractivity contribution in [3.63, 3.8) is 0 Å². The van der Waals surface area contributed by atoms with Crippen molar-refractivity contribution in [2.45, 2.75) is 26.3 Å². The fourth-order valence-electron chi connectivity index (χ4n) is 0.918. The lowest BCUT2D eigenvalue weighted by Crippen LogP contribution is -2.45. The minimum Gasteiger partial charge on any atom is -0.480 e. The van der Waals surface area contributed by atoms with Crippen LogP contribution in [0.4, 0.5) is 0 Å². The highest BCUT2D eigenvalue weighted by atomic mass is 79.9. The fourth-order valence-corrected chi connectivity index (χ4v) is 1.10. The van der Waals surface area contributed by atoms with Gasteiger partial charge in [0, 0.05) is 0 Å². The van der Waals surface area contributed by atoms with Crippen molar-refractivity contribution >= 4 is 34.2 Å². The van der Waals surface area contributed by atoms with Gasteiger partial charge in [0.05, 0.1) is 16.1 Å². The second kappa shape index (κ2) is 6.53. The molecule has 1 amide bonds. The Kier molecular flexibility index (Phi) is 6.11. The summed E-state index contributed by atoms with van der Waals surface area (Å²) in [6, 6.07) is -0.863. The molecule has 0 bridgehead atoms. The van der Waals surface area contributed by atoms with E-state index < -0.39 is 17.9 Å². The van der Waals surface area contributed by atoms with E-state index in [9.17, 15) is 9.59 Å². The molecule has 0 aliphatic heterocycles. The Hall–Kier alpha value is -0.910. The van der Waals surface area contributed by atoms with E-state index in [-0.39, 0.29) is 5.92 Å². The number of nitrogens with one attached hydrogen (secondary N) is 1. The molecule has 2 N–H and O–H groups in total. The number of halogens is 1. The van der Waals surface area contributed by atoms with E-state index in [4.69, 9.17) is 5.11 Å². The summed E-state index contributed by atoms with van der Waals surface area (Å²) in [4.78, 5) is 21.8. The van der Waals surface area contributed by atoms with Gasteiger partial charge in [0.2, 0.25) is 0 Å². The molecule has 0 spiro atoms. The van der Waals surface area contributed by atoms with E-state index >= 15 is 0 Å². The van der Waals surface area contributed by atoms with Crippen LogP contribution >= 0.6 is 16.1 Å². The van der Waals surface area contributed by atoms with E-state index in [1.54, 1.807) is 6.92 Å². The van der Waals surface area contributed by atoms with Crippen LogP contribution in [0.15, 0.2) is 4.02 Å². The van der Waals surface area contributed by atoms with Crippen LogP contribution in [-0.4, -0.2) is 29.2 Å². The molecule has 0 saturated carbocycles. The van der Waals surface area contributed by atoms with E-state index in [1.165, 1.54) is 0 Å². The van der Waals surface area contributed by atoms with Gasteiger partial charge < -0.3 is 10.4 Å². The van der Waals surface area contributed by atoms with Gasteiger partial charge in [-0.2, -0.15) is 0 Å². The molecule has 0 aliphatic rings. The first-order chi connectivity index (χ1) is 6.52. The Bertz CT molecular complexity index is 243. The van der Waals surface area contributed by atoms with Crippen LogP contribution in [0.25, 0.3) is 0 Å². The molecule has 0 aliphatic carbocycles. The number of aliphatic carboxylic acids is 1. The number of carbonyl (C=O) groups excluding carboxylic acids is 1. The third-order valence-corrected chi connectivity index (χ3v) is 2.15. The van der Waals surface area contributed by atoms with E-state index in [0.29, 0.717) is 6.42 Å². The van der Waals surface area contributed by atoms with Gasteiger partial charge in [-0.05, 0) is 5.92 Å². The lowest BCUT2D eigenvalue weighted by atomic mass is 9.99. The highest BCUT2D eigenvalue weighted by molar-refractivity contribution is 9.08. The molecule has 0 aromatic heterocycles. The molecule has 0 aromatic rings. The molecule has 80 valence electrons. The number of nitrogens with zero attached hydrogens (tertiary/aromatic N) is 1. The molecule has 0 radical (unpaired) electrons. The third kappa shape index (κ3) is 4.36. The molecule has 6 heteroatoms. The lowest BCUT2D eigenvalue weighted by molar-refractivity contribution is -0.142. The highest BCUT2D eigenvalue weighted by Gasteiger charge is 2.24. The van der Waals surface area contributed by atoms with Gasteiger partial charge in [0.1, 0.15) is 12.3 Å². The number of carbonyl (C=O) groups is 2. The SMILES string of the molecule is CC[C@H](C)[C@H](NC(=O)/C=N/Br)C(=O)O. The van der Waals surface area contributed by atoms with Gasteiger partial charge in [0.15, 0.2) is 0 Å². The monoisotopic (exact) mass is 264 g/mol. The Balaban J connectivity index is 4.38. The smallest absolute Gasteiger partial charge is 0.326 e. The van der Waals surface area contributed by atoms with Crippen molar-refractivity contribution in [3.8, 4) is 0 Å². The maximum absolute atomic E-state index is 11.0. The summed E-state index contributed by atoms with van der Waals surface area (Å²) in [5, 5.41) is 11.2. The number of carboxylic acid groups (broad SMARTS) is 1. The van der Waals surface area contributed by atoms with Gasteiger partial charge in [-0.25, -0.2) is 8.81 Å². The molecule has 0 heterocycles. The molecule has 5 nitrogen and oxygen atoms in total. The summed E-state index contributed by atoms with van der Waals surface area (Å²) >= 11 is 2.69. The summed E-state index contributed by atoms with van der Waals surface area (Å²) in [7, 11) is 0. The van der Waals surface area contributed by atoms with Crippen molar-refractivity contribution < 1.29 is 14.7 Å². The first-order valence-electron chi connectivity index (χ1n) is 4.20. The van der Waals surface area contributed by atoms with E-state index in [0.717, 1.165) is 6.21 Å². The predicted octanol–water partition coefficient (Wildman–Crippen LogP) is 0.983. The quantitative estimate of drug-likeness (QED) is 0.727. The largest absolute Gasteiger partial charge is 0.480 e. The van der Waals surface area contributed by atoms with Crippen LogP contribution in [0, 0.1) is 5.92 Å².